The van der Waals surface area contributed by atoms with Gasteiger partial charge in [0.05, 0.1) is 12.2 Å². The number of aliphatic hydroxyl groups is 1. The average molecular weight is 414 g/mol. The second-order valence-electron chi connectivity index (χ2n) is 8.73. The van der Waals surface area contributed by atoms with Crippen molar-refractivity contribution in [2.45, 2.75) is 50.3 Å². The Morgan fingerprint density at radius 3 is 2.52 bits per heavy atom. The van der Waals surface area contributed by atoms with Gasteiger partial charge in [-0.3, -0.25) is 4.90 Å². The van der Waals surface area contributed by atoms with Crippen molar-refractivity contribution >= 4 is 17.2 Å². The van der Waals surface area contributed by atoms with Crippen molar-refractivity contribution in [1.82, 2.24) is 19.8 Å². The molecule has 1 saturated carbocycles. The van der Waals surface area contributed by atoms with E-state index in [1.807, 2.05) is 18.3 Å². The lowest BCUT2D eigenvalue weighted by atomic mass is 9.84. The minimum atomic E-state index is -0.729. The molecule has 1 aliphatic carbocycles. The number of hydrogen-bond acceptors (Lipinski definition) is 7. The van der Waals surface area contributed by atoms with Crippen LogP contribution in [0, 0.1) is 0 Å². The summed E-state index contributed by atoms with van der Waals surface area (Å²) in [5.41, 5.74) is 0.171. The standard InChI is InChI=1S/C22H31N5OS/c28-22(7-10-26(11-8-22)18-4-3-5-18)19-17-29-21(24-19)16-25-12-14-27(15-13-25)20-6-1-2-9-23-20/h1-2,6,9,17-18,28H,3-5,7-8,10-16H2. The minimum Gasteiger partial charge on any atom is -0.383 e. The molecule has 0 bridgehead atoms. The molecule has 0 spiro atoms. The maximum atomic E-state index is 11.2. The van der Waals surface area contributed by atoms with Gasteiger partial charge >= 0.3 is 0 Å². The summed E-state index contributed by atoms with van der Waals surface area (Å²) >= 11 is 1.70. The van der Waals surface area contributed by atoms with Crippen LogP contribution in [0.5, 0.6) is 0 Å². The highest BCUT2D eigenvalue weighted by Crippen LogP contribution is 2.36. The average Bonchev–Trinajstić information content (AvgIpc) is 3.19. The number of thiazole rings is 1. The van der Waals surface area contributed by atoms with Gasteiger partial charge in [0, 0.05) is 56.9 Å². The molecule has 29 heavy (non-hydrogen) atoms. The number of aromatic nitrogens is 2. The summed E-state index contributed by atoms with van der Waals surface area (Å²) in [6, 6.07) is 6.87. The van der Waals surface area contributed by atoms with Crippen LogP contribution in [0.4, 0.5) is 5.82 Å². The molecule has 6 nitrogen and oxygen atoms in total. The first-order valence-electron chi connectivity index (χ1n) is 11.0. The van der Waals surface area contributed by atoms with Crippen LogP contribution in [0.1, 0.15) is 42.8 Å². The molecule has 2 saturated heterocycles. The molecule has 1 N–H and O–H groups in total. The normalized spacial score (nSPS) is 23.8. The predicted octanol–water partition coefficient (Wildman–Crippen LogP) is 2.70. The highest BCUT2D eigenvalue weighted by Gasteiger charge is 2.38. The summed E-state index contributed by atoms with van der Waals surface area (Å²) in [6.45, 7) is 6.92. The van der Waals surface area contributed by atoms with E-state index in [-0.39, 0.29) is 0 Å². The van der Waals surface area contributed by atoms with Gasteiger partial charge in [0.15, 0.2) is 0 Å². The largest absolute Gasteiger partial charge is 0.383 e. The monoisotopic (exact) mass is 413 g/mol. The van der Waals surface area contributed by atoms with Crippen LogP contribution in [0.3, 0.4) is 0 Å². The highest BCUT2D eigenvalue weighted by atomic mass is 32.1. The lowest BCUT2D eigenvalue weighted by Gasteiger charge is -2.44. The molecule has 0 unspecified atom stereocenters. The Hall–Kier alpha value is -1.54. The summed E-state index contributed by atoms with van der Waals surface area (Å²) in [4.78, 5) is 16.7. The van der Waals surface area contributed by atoms with E-state index in [4.69, 9.17) is 4.98 Å². The van der Waals surface area contributed by atoms with E-state index >= 15 is 0 Å². The molecule has 0 aromatic carbocycles. The smallest absolute Gasteiger partial charge is 0.128 e. The first kappa shape index (κ1) is 19.4. The predicted molar refractivity (Wildman–Crippen MR) is 116 cm³/mol. The van der Waals surface area contributed by atoms with Gasteiger partial charge in [-0.05, 0) is 37.8 Å². The fourth-order valence-electron chi connectivity index (χ4n) is 4.73. The second-order valence-corrected chi connectivity index (χ2v) is 9.67. The van der Waals surface area contributed by atoms with Gasteiger partial charge in [-0.2, -0.15) is 0 Å². The molecule has 0 amide bonds. The summed E-state index contributed by atoms with van der Waals surface area (Å²) < 4.78 is 0. The van der Waals surface area contributed by atoms with E-state index in [9.17, 15) is 5.11 Å². The number of piperidine rings is 1. The highest BCUT2D eigenvalue weighted by molar-refractivity contribution is 7.09. The third kappa shape index (κ3) is 4.19. The number of anilines is 1. The zero-order valence-corrected chi connectivity index (χ0v) is 17.9. The lowest BCUT2D eigenvalue weighted by molar-refractivity contribution is -0.0467. The van der Waals surface area contributed by atoms with Crippen LogP contribution in [0.25, 0.3) is 0 Å². The van der Waals surface area contributed by atoms with Crippen LogP contribution in [-0.4, -0.2) is 70.2 Å². The maximum absolute atomic E-state index is 11.2. The SMILES string of the molecule is OC1(c2csc(CN3CCN(c4ccccn4)CC3)n2)CCN(C2CCC2)CC1. The van der Waals surface area contributed by atoms with Crippen molar-refractivity contribution in [2.75, 3.05) is 44.2 Å². The summed E-state index contributed by atoms with van der Waals surface area (Å²) in [7, 11) is 0. The minimum absolute atomic E-state index is 0.729. The Labute approximate surface area is 177 Å². The van der Waals surface area contributed by atoms with Crippen LogP contribution in [0.15, 0.2) is 29.8 Å². The number of likely N-dealkylation sites (tertiary alicyclic amines) is 1. The van der Waals surface area contributed by atoms with E-state index in [1.54, 1.807) is 11.3 Å². The fraction of sp³-hybridized carbons (Fsp3) is 0.636. The van der Waals surface area contributed by atoms with E-state index in [0.29, 0.717) is 0 Å². The Bertz CT molecular complexity index is 793. The fourth-order valence-corrected chi connectivity index (χ4v) is 5.66. The first-order valence-corrected chi connectivity index (χ1v) is 11.9. The van der Waals surface area contributed by atoms with Gasteiger partial charge in [-0.15, -0.1) is 11.3 Å². The van der Waals surface area contributed by atoms with Crippen molar-refractivity contribution in [3.8, 4) is 0 Å². The molecule has 7 heteroatoms. The topological polar surface area (TPSA) is 55.7 Å². The van der Waals surface area contributed by atoms with Crippen molar-refractivity contribution in [3.05, 3.63) is 40.5 Å². The van der Waals surface area contributed by atoms with Crippen molar-refractivity contribution in [2.24, 2.45) is 0 Å². The Balaban J connectivity index is 1.14. The maximum Gasteiger partial charge on any atom is 0.128 e. The van der Waals surface area contributed by atoms with Crippen LogP contribution in [0.2, 0.25) is 0 Å². The molecule has 2 aliphatic heterocycles. The van der Waals surface area contributed by atoms with Gasteiger partial charge in [-0.1, -0.05) is 12.5 Å². The zero-order valence-electron chi connectivity index (χ0n) is 17.0. The van der Waals surface area contributed by atoms with Gasteiger partial charge in [0.2, 0.25) is 0 Å². The van der Waals surface area contributed by atoms with E-state index in [2.05, 4.69) is 31.1 Å². The van der Waals surface area contributed by atoms with E-state index in [1.165, 1.54) is 19.3 Å². The molecule has 3 aliphatic rings. The number of rotatable bonds is 5. The van der Waals surface area contributed by atoms with E-state index < -0.39 is 5.60 Å². The Morgan fingerprint density at radius 2 is 1.86 bits per heavy atom. The molecule has 4 heterocycles. The lowest BCUT2D eigenvalue weighted by Crippen LogP contribution is -2.49. The molecular formula is C22H31N5OS. The molecule has 0 radical (unpaired) electrons. The first-order chi connectivity index (χ1) is 14.2. The van der Waals surface area contributed by atoms with Crippen molar-refractivity contribution in [1.29, 1.82) is 0 Å². The Morgan fingerprint density at radius 1 is 1.07 bits per heavy atom. The number of piperazine rings is 1. The summed E-state index contributed by atoms with van der Waals surface area (Å²) in [5.74, 6) is 1.07. The number of nitrogens with zero attached hydrogens (tertiary/aromatic N) is 5. The molecule has 5 rings (SSSR count). The summed E-state index contributed by atoms with van der Waals surface area (Å²) in [5, 5.41) is 14.4. The van der Waals surface area contributed by atoms with Crippen LogP contribution >= 0.6 is 11.3 Å². The van der Waals surface area contributed by atoms with Gasteiger partial charge in [0.25, 0.3) is 0 Å². The van der Waals surface area contributed by atoms with Crippen LogP contribution < -0.4 is 4.90 Å². The third-order valence-corrected chi connectivity index (χ3v) is 7.78. The van der Waals surface area contributed by atoms with Crippen molar-refractivity contribution < 1.29 is 5.11 Å². The van der Waals surface area contributed by atoms with Gasteiger partial charge in [-0.25, -0.2) is 9.97 Å². The van der Waals surface area contributed by atoms with E-state index in [0.717, 1.165) is 81.2 Å². The molecular weight excluding hydrogens is 382 g/mol. The Kier molecular flexibility index (Phi) is 5.56. The zero-order chi connectivity index (χ0) is 19.7. The molecule has 2 aromatic heterocycles. The molecule has 156 valence electrons. The quantitative estimate of drug-likeness (QED) is 0.813. The third-order valence-electron chi connectivity index (χ3n) is 6.95. The second kappa shape index (κ2) is 8.30. The number of pyridine rings is 1. The molecule has 2 aromatic rings. The van der Waals surface area contributed by atoms with Crippen molar-refractivity contribution in [3.63, 3.8) is 0 Å². The molecule has 0 atom stereocenters. The van der Waals surface area contributed by atoms with Crippen LogP contribution in [-0.2, 0) is 12.1 Å². The van der Waals surface area contributed by atoms with Gasteiger partial charge in [0.1, 0.15) is 16.4 Å². The number of hydrogen-bond donors (Lipinski definition) is 1. The van der Waals surface area contributed by atoms with Gasteiger partial charge < -0.3 is 14.9 Å². The molecule has 3 fully saturated rings. The summed E-state index contributed by atoms with van der Waals surface area (Å²) in [6.07, 6.45) is 7.54.